The summed E-state index contributed by atoms with van der Waals surface area (Å²) >= 11 is 0. The molecule has 1 nitrogen and oxygen atoms in total. The number of nitrogens with one attached hydrogen (secondary N) is 1. The van der Waals surface area contributed by atoms with Crippen molar-refractivity contribution in [2.75, 3.05) is 6.54 Å². The van der Waals surface area contributed by atoms with Crippen LogP contribution in [0.3, 0.4) is 0 Å². The number of hydrogen-bond acceptors (Lipinski definition) is 1. The first-order chi connectivity index (χ1) is 8.42. The van der Waals surface area contributed by atoms with E-state index >= 15 is 0 Å². The third-order valence-electron chi connectivity index (χ3n) is 3.09. The summed E-state index contributed by atoms with van der Waals surface area (Å²) in [6.45, 7) is 3.27. The minimum atomic E-state index is 0.354. The Hall–Kier alpha value is -1.34. The highest BCUT2D eigenvalue weighted by Crippen LogP contribution is 2.25. The highest BCUT2D eigenvalue weighted by atomic mass is 14.9. The number of hydrogen-bond donors (Lipinski definition) is 1. The molecule has 0 aromatic heterocycles. The summed E-state index contributed by atoms with van der Waals surface area (Å²) in [5.41, 5.74) is 2.77. The topological polar surface area (TPSA) is 12.0 Å². The average Bonchev–Trinajstić information content (AvgIpc) is 2.42. The van der Waals surface area contributed by atoms with E-state index in [1.165, 1.54) is 30.4 Å². The number of benzene rings is 1. The molecule has 1 atom stereocenters. The predicted molar refractivity (Wildman–Crippen MR) is 73.9 cm³/mol. The molecule has 0 spiro atoms. The summed E-state index contributed by atoms with van der Waals surface area (Å²) in [7, 11) is 0. The van der Waals surface area contributed by atoms with Crippen LogP contribution in [-0.4, -0.2) is 6.54 Å². The van der Waals surface area contributed by atoms with Crippen LogP contribution < -0.4 is 5.32 Å². The monoisotopic (exact) mass is 227 g/mol. The second-order valence-corrected chi connectivity index (χ2v) is 4.48. The zero-order valence-corrected chi connectivity index (χ0v) is 10.5. The molecular weight excluding hydrogens is 206 g/mol. The number of rotatable bonds is 5. The summed E-state index contributed by atoms with van der Waals surface area (Å²) < 4.78 is 0. The quantitative estimate of drug-likeness (QED) is 0.801. The normalized spacial score (nSPS) is 16.6. The maximum atomic E-state index is 3.64. The van der Waals surface area contributed by atoms with Crippen molar-refractivity contribution in [2.24, 2.45) is 0 Å². The molecule has 1 N–H and O–H groups in total. The zero-order valence-electron chi connectivity index (χ0n) is 10.5. The van der Waals surface area contributed by atoms with Crippen LogP contribution >= 0.6 is 0 Å². The van der Waals surface area contributed by atoms with Crippen LogP contribution in [0.2, 0.25) is 0 Å². The minimum Gasteiger partial charge on any atom is -0.306 e. The van der Waals surface area contributed by atoms with Gasteiger partial charge >= 0.3 is 0 Å². The Kier molecular flexibility index (Phi) is 4.57. The second kappa shape index (κ2) is 6.41. The van der Waals surface area contributed by atoms with Crippen LogP contribution in [-0.2, 0) is 0 Å². The third-order valence-corrected chi connectivity index (χ3v) is 3.09. The predicted octanol–water partition coefficient (Wildman–Crippen LogP) is 4.00. The van der Waals surface area contributed by atoms with E-state index in [9.17, 15) is 0 Å². The molecule has 0 bridgehead atoms. The van der Waals surface area contributed by atoms with Gasteiger partial charge in [0.1, 0.15) is 0 Å². The van der Waals surface area contributed by atoms with Crippen molar-refractivity contribution >= 4 is 0 Å². The van der Waals surface area contributed by atoms with E-state index in [4.69, 9.17) is 0 Å². The Bertz CT molecular complexity index is 389. The number of allylic oxidation sites excluding steroid dienone is 2. The first-order valence-corrected chi connectivity index (χ1v) is 6.56. The Labute approximate surface area is 104 Å². The van der Waals surface area contributed by atoms with Gasteiger partial charge in [-0.15, -0.1) is 0 Å². The molecule has 0 radical (unpaired) electrons. The van der Waals surface area contributed by atoms with Crippen LogP contribution in [0.1, 0.15) is 37.8 Å². The zero-order chi connectivity index (χ0) is 11.9. The van der Waals surface area contributed by atoms with Crippen molar-refractivity contribution in [3.63, 3.8) is 0 Å². The van der Waals surface area contributed by atoms with Gasteiger partial charge in [0.15, 0.2) is 0 Å². The molecule has 1 aromatic carbocycles. The second-order valence-electron chi connectivity index (χ2n) is 4.48. The van der Waals surface area contributed by atoms with Gasteiger partial charge in [-0.3, -0.25) is 0 Å². The minimum absolute atomic E-state index is 0.354. The molecule has 0 amide bonds. The molecule has 2 rings (SSSR count). The van der Waals surface area contributed by atoms with E-state index in [-0.39, 0.29) is 0 Å². The molecule has 90 valence electrons. The van der Waals surface area contributed by atoms with E-state index in [0.717, 1.165) is 6.54 Å². The maximum Gasteiger partial charge on any atom is 0.0573 e. The lowest BCUT2D eigenvalue weighted by molar-refractivity contribution is 0.594. The lowest BCUT2D eigenvalue weighted by Crippen LogP contribution is -2.23. The van der Waals surface area contributed by atoms with Gasteiger partial charge in [-0.05, 0) is 36.9 Å². The van der Waals surface area contributed by atoms with Crippen molar-refractivity contribution in [2.45, 2.75) is 32.2 Å². The van der Waals surface area contributed by atoms with Crippen molar-refractivity contribution in [1.29, 1.82) is 0 Å². The molecule has 0 heterocycles. The molecular formula is C16H21N. The van der Waals surface area contributed by atoms with Gasteiger partial charge in [0.05, 0.1) is 6.04 Å². The molecule has 0 fully saturated rings. The Morgan fingerprint density at radius 3 is 2.65 bits per heavy atom. The molecule has 0 aliphatic heterocycles. The van der Waals surface area contributed by atoms with Crippen molar-refractivity contribution in [3.8, 4) is 0 Å². The van der Waals surface area contributed by atoms with Crippen LogP contribution in [0, 0.1) is 0 Å². The lowest BCUT2D eigenvalue weighted by Gasteiger charge is -2.22. The van der Waals surface area contributed by atoms with Gasteiger partial charge in [-0.1, -0.05) is 55.5 Å². The van der Waals surface area contributed by atoms with Gasteiger partial charge in [0, 0.05) is 0 Å². The summed E-state index contributed by atoms with van der Waals surface area (Å²) in [5, 5.41) is 3.64. The fraction of sp³-hybridized carbons (Fsp3) is 0.375. The molecule has 17 heavy (non-hydrogen) atoms. The van der Waals surface area contributed by atoms with Gasteiger partial charge in [-0.25, -0.2) is 0 Å². The van der Waals surface area contributed by atoms with Crippen molar-refractivity contribution < 1.29 is 0 Å². The molecule has 1 aliphatic carbocycles. The summed E-state index contributed by atoms with van der Waals surface area (Å²) in [4.78, 5) is 0. The van der Waals surface area contributed by atoms with E-state index in [1.807, 2.05) is 0 Å². The van der Waals surface area contributed by atoms with Crippen molar-refractivity contribution in [3.05, 3.63) is 59.7 Å². The smallest absolute Gasteiger partial charge is 0.0573 e. The van der Waals surface area contributed by atoms with Crippen LogP contribution in [0.15, 0.2) is 54.1 Å². The molecule has 1 unspecified atom stereocenters. The highest BCUT2D eigenvalue weighted by Gasteiger charge is 2.14. The van der Waals surface area contributed by atoms with E-state index in [0.29, 0.717) is 6.04 Å². The standard InChI is InChI=1S/C16H21N/c1-2-13-17-16(14-9-5-3-6-10-14)15-11-7-4-8-12-15/h3,5-7,9-12,16-17H,2,4,8,13H2,1H3. The van der Waals surface area contributed by atoms with E-state index in [2.05, 4.69) is 60.8 Å². The first-order valence-electron chi connectivity index (χ1n) is 6.56. The molecule has 1 heteroatoms. The Morgan fingerprint density at radius 1 is 1.18 bits per heavy atom. The Morgan fingerprint density at radius 2 is 2.00 bits per heavy atom. The van der Waals surface area contributed by atoms with Gasteiger partial charge < -0.3 is 5.32 Å². The van der Waals surface area contributed by atoms with Crippen LogP contribution in [0.5, 0.6) is 0 Å². The maximum absolute atomic E-state index is 3.64. The Balaban J connectivity index is 2.19. The largest absolute Gasteiger partial charge is 0.306 e. The van der Waals surface area contributed by atoms with E-state index in [1.54, 1.807) is 0 Å². The fourth-order valence-corrected chi connectivity index (χ4v) is 2.21. The molecule has 0 saturated carbocycles. The van der Waals surface area contributed by atoms with Crippen LogP contribution in [0.25, 0.3) is 0 Å². The first kappa shape index (κ1) is 12.1. The highest BCUT2D eigenvalue weighted by molar-refractivity contribution is 5.35. The summed E-state index contributed by atoms with van der Waals surface area (Å²) in [6.07, 6.45) is 10.4. The SMILES string of the molecule is CCCNC(C1=CCCC=C1)c1ccccc1. The van der Waals surface area contributed by atoms with Gasteiger partial charge in [0.2, 0.25) is 0 Å². The third kappa shape index (κ3) is 3.31. The summed E-state index contributed by atoms with van der Waals surface area (Å²) in [6, 6.07) is 11.1. The van der Waals surface area contributed by atoms with E-state index < -0.39 is 0 Å². The molecule has 1 aliphatic rings. The fourth-order valence-electron chi connectivity index (χ4n) is 2.21. The van der Waals surface area contributed by atoms with Crippen LogP contribution in [0.4, 0.5) is 0 Å². The lowest BCUT2D eigenvalue weighted by atomic mass is 9.94. The molecule has 0 saturated heterocycles. The van der Waals surface area contributed by atoms with Gasteiger partial charge in [-0.2, -0.15) is 0 Å². The molecule has 1 aromatic rings. The van der Waals surface area contributed by atoms with Gasteiger partial charge in [0.25, 0.3) is 0 Å². The summed E-state index contributed by atoms with van der Waals surface area (Å²) in [5.74, 6) is 0. The van der Waals surface area contributed by atoms with Crippen molar-refractivity contribution in [1.82, 2.24) is 5.32 Å². The average molecular weight is 227 g/mol.